The quantitative estimate of drug-likeness (QED) is 0.294. The molecule has 1 atom stereocenters. The van der Waals surface area contributed by atoms with Crippen LogP contribution in [0.2, 0.25) is 0 Å². The summed E-state index contributed by atoms with van der Waals surface area (Å²) in [5.41, 5.74) is 10.8. The number of benzene rings is 3. The number of aromatic nitrogens is 6. The van der Waals surface area contributed by atoms with E-state index in [1.807, 2.05) is 32.0 Å². The first-order valence-corrected chi connectivity index (χ1v) is 12.7. The Balaban J connectivity index is 1.50. The Morgan fingerprint density at radius 1 is 1.00 bits per heavy atom. The van der Waals surface area contributed by atoms with E-state index in [9.17, 15) is 9.18 Å². The number of H-pyrrole nitrogens is 1. The number of nitrogens with two attached hydrogens (primary N) is 1. The summed E-state index contributed by atoms with van der Waals surface area (Å²) < 4.78 is 22.4. The molecule has 7 aromatic rings. The molecule has 4 aromatic heterocycles. The molecule has 9 nitrogen and oxygen atoms in total. The van der Waals surface area contributed by atoms with Crippen LogP contribution in [0.4, 0.5) is 10.2 Å². The molecule has 0 spiro atoms. The van der Waals surface area contributed by atoms with Gasteiger partial charge in [0.1, 0.15) is 41.0 Å². The van der Waals surface area contributed by atoms with Crippen LogP contribution in [0.3, 0.4) is 0 Å². The van der Waals surface area contributed by atoms with Crippen LogP contribution in [0.1, 0.15) is 24.4 Å². The molecule has 7 rings (SSSR count). The van der Waals surface area contributed by atoms with E-state index in [1.165, 1.54) is 18.5 Å². The van der Waals surface area contributed by atoms with Crippen molar-refractivity contribution in [3.8, 4) is 22.4 Å². The third kappa shape index (κ3) is 3.57. The van der Waals surface area contributed by atoms with Gasteiger partial charge in [-0.25, -0.2) is 19.0 Å². The Kier molecular flexibility index (Phi) is 5.24. The van der Waals surface area contributed by atoms with Crippen LogP contribution in [0.15, 0.2) is 82.3 Å². The minimum atomic E-state index is -0.625. The second kappa shape index (κ2) is 8.84. The maximum absolute atomic E-state index is 14.3. The highest BCUT2D eigenvalue weighted by Gasteiger charge is 2.27. The van der Waals surface area contributed by atoms with E-state index in [0.717, 1.165) is 22.2 Å². The van der Waals surface area contributed by atoms with Gasteiger partial charge in [0.05, 0.1) is 21.9 Å². The van der Waals surface area contributed by atoms with E-state index in [2.05, 4.69) is 20.2 Å². The van der Waals surface area contributed by atoms with Gasteiger partial charge in [-0.2, -0.15) is 10.2 Å². The second-order valence-corrected chi connectivity index (χ2v) is 9.68. The minimum Gasteiger partial charge on any atom is -0.458 e. The number of anilines is 1. The maximum Gasteiger partial charge on any atom is 0.200 e. The Hall–Kier alpha value is -5.38. The van der Waals surface area contributed by atoms with Crippen molar-refractivity contribution in [2.45, 2.75) is 19.9 Å². The molecule has 3 N–H and O–H groups in total. The van der Waals surface area contributed by atoms with Crippen LogP contribution in [-0.4, -0.2) is 29.9 Å². The highest BCUT2D eigenvalue weighted by Crippen LogP contribution is 2.37. The van der Waals surface area contributed by atoms with E-state index in [4.69, 9.17) is 15.2 Å². The topological polar surface area (TPSA) is 129 Å². The predicted molar refractivity (Wildman–Crippen MR) is 151 cm³/mol. The number of nitrogen functional groups attached to an aromatic ring is 1. The van der Waals surface area contributed by atoms with Gasteiger partial charge in [0.25, 0.3) is 0 Å². The molecule has 0 amide bonds. The van der Waals surface area contributed by atoms with Gasteiger partial charge < -0.3 is 10.2 Å². The fraction of sp³-hybridized carbons (Fsp3) is 0.100. The zero-order chi connectivity index (χ0) is 27.5. The van der Waals surface area contributed by atoms with E-state index in [0.29, 0.717) is 39.0 Å². The summed E-state index contributed by atoms with van der Waals surface area (Å²) >= 11 is 0. The summed E-state index contributed by atoms with van der Waals surface area (Å²) in [6.45, 7) is 3.80. The fourth-order valence-corrected chi connectivity index (χ4v) is 5.23. The standard InChI is InChI=1S/C30H22FN7O2/c1-15-21-13-18(10-11-22(21)36-35-15)26-25-29(32)33-14-34-30(25)38(37-26)16(2)28-24(17-6-5-7-19(31)12-17)27(39)20-8-3-4-9-23(20)40-28/h3-14,16H,1-2H3,(H,35,36)(H2,32,33,34). The van der Waals surface area contributed by atoms with Crippen molar-refractivity contribution in [1.82, 2.24) is 29.9 Å². The summed E-state index contributed by atoms with van der Waals surface area (Å²) in [4.78, 5) is 22.5. The molecular weight excluding hydrogens is 509 g/mol. The molecule has 0 saturated carbocycles. The Morgan fingerprint density at radius 3 is 2.70 bits per heavy atom. The zero-order valence-corrected chi connectivity index (χ0v) is 21.5. The van der Waals surface area contributed by atoms with Gasteiger partial charge in [-0.05, 0) is 55.8 Å². The summed E-state index contributed by atoms with van der Waals surface area (Å²) in [5, 5.41) is 14.2. The second-order valence-electron chi connectivity index (χ2n) is 9.68. The van der Waals surface area contributed by atoms with Crippen molar-refractivity contribution < 1.29 is 8.81 Å². The number of fused-ring (bicyclic) bond motifs is 3. The van der Waals surface area contributed by atoms with Crippen molar-refractivity contribution in [3.05, 3.63) is 101 Å². The lowest BCUT2D eigenvalue weighted by atomic mass is 9.99. The number of rotatable bonds is 4. The van der Waals surface area contributed by atoms with Gasteiger partial charge in [0.2, 0.25) is 5.43 Å². The molecule has 4 heterocycles. The fourth-order valence-electron chi connectivity index (χ4n) is 5.23. The van der Waals surface area contributed by atoms with Crippen molar-refractivity contribution in [3.63, 3.8) is 0 Å². The average molecular weight is 532 g/mol. The number of nitrogens with zero attached hydrogens (tertiary/aromatic N) is 5. The Bertz CT molecular complexity index is 2160. The summed E-state index contributed by atoms with van der Waals surface area (Å²) in [5.74, 6) is 0.136. The molecule has 1 unspecified atom stereocenters. The lowest BCUT2D eigenvalue weighted by Crippen LogP contribution is -2.16. The van der Waals surface area contributed by atoms with Gasteiger partial charge >= 0.3 is 0 Å². The van der Waals surface area contributed by atoms with Gasteiger partial charge in [0.15, 0.2) is 5.65 Å². The number of hydrogen-bond acceptors (Lipinski definition) is 7. The van der Waals surface area contributed by atoms with E-state index >= 15 is 0 Å². The van der Waals surface area contributed by atoms with E-state index in [1.54, 1.807) is 41.1 Å². The molecule has 0 aliphatic heterocycles. The first-order chi connectivity index (χ1) is 19.4. The molecule has 0 aliphatic carbocycles. The largest absolute Gasteiger partial charge is 0.458 e. The molecule has 10 heteroatoms. The average Bonchev–Trinajstić information content (AvgIpc) is 3.54. The predicted octanol–water partition coefficient (Wildman–Crippen LogP) is 5.78. The van der Waals surface area contributed by atoms with Gasteiger partial charge in [-0.3, -0.25) is 9.89 Å². The lowest BCUT2D eigenvalue weighted by Gasteiger charge is -2.17. The number of aryl methyl sites for hydroxylation is 1. The van der Waals surface area contributed by atoms with Crippen LogP contribution in [-0.2, 0) is 0 Å². The number of aromatic amines is 1. The molecule has 196 valence electrons. The van der Waals surface area contributed by atoms with Crippen LogP contribution in [0.5, 0.6) is 0 Å². The molecule has 40 heavy (non-hydrogen) atoms. The lowest BCUT2D eigenvalue weighted by molar-refractivity contribution is 0.446. The molecular formula is C30H22FN7O2. The monoisotopic (exact) mass is 531 g/mol. The SMILES string of the molecule is Cc1[nH]nc2ccc(-c3nn(C(C)c4oc5ccccc5c(=O)c4-c4cccc(F)c4)c4ncnc(N)c34)cc12. The number of halogens is 1. The zero-order valence-electron chi connectivity index (χ0n) is 21.5. The highest BCUT2D eigenvalue weighted by atomic mass is 19.1. The van der Waals surface area contributed by atoms with Gasteiger partial charge in [-0.1, -0.05) is 30.3 Å². The molecule has 0 saturated heterocycles. The first-order valence-electron chi connectivity index (χ1n) is 12.7. The highest BCUT2D eigenvalue weighted by molar-refractivity contribution is 6.00. The van der Waals surface area contributed by atoms with Gasteiger partial charge in [0, 0.05) is 16.6 Å². The van der Waals surface area contributed by atoms with Crippen LogP contribution >= 0.6 is 0 Å². The molecule has 3 aromatic carbocycles. The first kappa shape index (κ1) is 23.7. The smallest absolute Gasteiger partial charge is 0.200 e. The third-order valence-electron chi connectivity index (χ3n) is 7.22. The van der Waals surface area contributed by atoms with Gasteiger partial charge in [-0.15, -0.1) is 0 Å². The molecule has 0 aliphatic rings. The van der Waals surface area contributed by atoms with Crippen LogP contribution in [0, 0.1) is 12.7 Å². The third-order valence-corrected chi connectivity index (χ3v) is 7.22. The number of hydrogen-bond donors (Lipinski definition) is 2. The van der Waals surface area contributed by atoms with E-state index in [-0.39, 0.29) is 16.8 Å². The number of nitrogens with one attached hydrogen (secondary N) is 1. The van der Waals surface area contributed by atoms with Crippen LogP contribution in [0.25, 0.3) is 55.3 Å². The summed E-state index contributed by atoms with van der Waals surface area (Å²) in [6.07, 6.45) is 1.37. The molecule has 0 radical (unpaired) electrons. The molecule has 0 bridgehead atoms. The summed E-state index contributed by atoms with van der Waals surface area (Å²) in [7, 11) is 0. The Morgan fingerprint density at radius 2 is 1.85 bits per heavy atom. The van der Waals surface area contributed by atoms with E-state index < -0.39 is 11.9 Å². The van der Waals surface area contributed by atoms with Crippen LogP contribution < -0.4 is 11.2 Å². The van der Waals surface area contributed by atoms with Crippen molar-refractivity contribution >= 4 is 38.7 Å². The van der Waals surface area contributed by atoms with Crippen molar-refractivity contribution in [2.75, 3.05) is 5.73 Å². The minimum absolute atomic E-state index is 0.258. The summed E-state index contributed by atoms with van der Waals surface area (Å²) in [6, 6.07) is 18.1. The maximum atomic E-state index is 14.3. The number of para-hydroxylation sites is 1. The Labute approximate surface area is 226 Å². The molecule has 0 fully saturated rings. The van der Waals surface area contributed by atoms with Crippen molar-refractivity contribution in [1.29, 1.82) is 0 Å². The normalized spacial score (nSPS) is 12.5. The van der Waals surface area contributed by atoms with Crippen molar-refractivity contribution in [2.24, 2.45) is 0 Å².